The molecule has 5 nitrogen and oxygen atoms in total. The van der Waals surface area contributed by atoms with E-state index in [0.717, 1.165) is 43.5 Å². The van der Waals surface area contributed by atoms with Gasteiger partial charge in [-0.15, -0.1) is 0 Å². The van der Waals surface area contributed by atoms with Gasteiger partial charge in [-0.25, -0.2) is 8.42 Å². The molecule has 1 aliphatic heterocycles. The van der Waals surface area contributed by atoms with Crippen LogP contribution in [-0.4, -0.2) is 32.3 Å². The number of sulfonamides is 1. The number of hydrogen-bond donors (Lipinski definition) is 1. The van der Waals surface area contributed by atoms with Gasteiger partial charge >= 0.3 is 0 Å². The molecule has 1 N–H and O–H groups in total. The van der Waals surface area contributed by atoms with E-state index in [2.05, 4.69) is 18.6 Å². The average molecular weight is 401 g/mol. The molecular weight excluding hydrogens is 372 g/mol. The number of nitrogens with zero attached hydrogens (tertiary/aromatic N) is 1. The van der Waals surface area contributed by atoms with Crippen molar-refractivity contribution in [2.24, 2.45) is 0 Å². The highest BCUT2D eigenvalue weighted by molar-refractivity contribution is 7.92. The van der Waals surface area contributed by atoms with Gasteiger partial charge in [0, 0.05) is 24.3 Å². The van der Waals surface area contributed by atoms with Gasteiger partial charge in [-0.1, -0.05) is 32.0 Å². The molecule has 1 heterocycles. The monoisotopic (exact) mass is 400 g/mol. The van der Waals surface area contributed by atoms with Crippen LogP contribution in [0.15, 0.2) is 47.4 Å². The smallest absolute Gasteiger partial charge is 0.261 e. The van der Waals surface area contributed by atoms with Crippen molar-refractivity contribution in [3.63, 3.8) is 0 Å². The fourth-order valence-electron chi connectivity index (χ4n) is 3.42. The number of carbonyl (C=O) groups excluding carboxylic acids is 1. The first-order valence-corrected chi connectivity index (χ1v) is 11.3. The molecular formula is C22H28N2O3S. The summed E-state index contributed by atoms with van der Waals surface area (Å²) in [6.07, 6.45) is 3.13. The van der Waals surface area contributed by atoms with Gasteiger partial charge < -0.3 is 4.90 Å². The molecule has 0 unspecified atom stereocenters. The molecule has 1 aliphatic rings. The molecule has 0 spiro atoms. The number of anilines is 1. The van der Waals surface area contributed by atoms with Crippen molar-refractivity contribution in [1.29, 1.82) is 0 Å². The molecule has 0 aliphatic carbocycles. The topological polar surface area (TPSA) is 66.5 Å². The highest BCUT2D eigenvalue weighted by Crippen LogP contribution is 2.23. The summed E-state index contributed by atoms with van der Waals surface area (Å²) >= 11 is 0. The van der Waals surface area contributed by atoms with Crippen molar-refractivity contribution in [1.82, 2.24) is 4.90 Å². The molecule has 2 aromatic carbocycles. The van der Waals surface area contributed by atoms with Crippen molar-refractivity contribution in [3.8, 4) is 0 Å². The Hall–Kier alpha value is -2.34. The number of nitrogens with one attached hydrogen (secondary N) is 1. The predicted octanol–water partition coefficient (Wildman–Crippen LogP) is 4.55. The molecule has 0 aromatic heterocycles. The van der Waals surface area contributed by atoms with Gasteiger partial charge in [-0.2, -0.15) is 0 Å². The lowest BCUT2D eigenvalue weighted by Gasteiger charge is -2.27. The standard InChI is InChI=1S/C22H28N2O3S/c1-16(2)18-8-10-19(11-9-18)23-28(26,27)20-12-7-17(3)21(15-20)22(25)24-13-5-4-6-14-24/h7-12,15-16,23H,4-6,13-14H2,1-3H3. The maximum Gasteiger partial charge on any atom is 0.261 e. The minimum absolute atomic E-state index is 0.0875. The number of aryl methyl sites for hydroxylation is 1. The van der Waals surface area contributed by atoms with Crippen LogP contribution in [0.4, 0.5) is 5.69 Å². The van der Waals surface area contributed by atoms with Gasteiger partial charge in [0.2, 0.25) is 0 Å². The number of piperidine rings is 1. The van der Waals surface area contributed by atoms with E-state index in [0.29, 0.717) is 17.2 Å². The first-order chi connectivity index (χ1) is 13.3. The summed E-state index contributed by atoms with van der Waals surface area (Å²) in [5, 5.41) is 0. The van der Waals surface area contributed by atoms with Gasteiger partial charge in [0.1, 0.15) is 0 Å². The van der Waals surface area contributed by atoms with Crippen LogP contribution >= 0.6 is 0 Å². The Bertz CT molecular complexity index is 944. The van der Waals surface area contributed by atoms with E-state index < -0.39 is 10.0 Å². The van der Waals surface area contributed by atoms with E-state index in [1.807, 2.05) is 24.0 Å². The maximum absolute atomic E-state index is 12.9. The Labute approximate surface area is 167 Å². The number of carbonyl (C=O) groups is 1. The lowest BCUT2D eigenvalue weighted by molar-refractivity contribution is 0.0723. The molecule has 150 valence electrons. The van der Waals surface area contributed by atoms with Crippen LogP contribution in [0.2, 0.25) is 0 Å². The van der Waals surface area contributed by atoms with E-state index in [-0.39, 0.29) is 10.8 Å². The third-order valence-electron chi connectivity index (χ3n) is 5.22. The number of benzene rings is 2. The van der Waals surface area contributed by atoms with Gasteiger partial charge in [0.15, 0.2) is 0 Å². The summed E-state index contributed by atoms with van der Waals surface area (Å²) in [6, 6.07) is 12.1. The number of rotatable bonds is 5. The van der Waals surface area contributed by atoms with Gasteiger partial charge in [0.25, 0.3) is 15.9 Å². The molecule has 0 radical (unpaired) electrons. The van der Waals surface area contributed by atoms with E-state index >= 15 is 0 Å². The minimum Gasteiger partial charge on any atom is -0.339 e. The molecule has 0 bridgehead atoms. The Morgan fingerprint density at radius 3 is 2.25 bits per heavy atom. The molecule has 0 atom stereocenters. The van der Waals surface area contributed by atoms with Crippen molar-refractivity contribution < 1.29 is 13.2 Å². The summed E-state index contributed by atoms with van der Waals surface area (Å²) in [4.78, 5) is 14.8. The molecule has 3 rings (SSSR count). The van der Waals surface area contributed by atoms with E-state index in [9.17, 15) is 13.2 Å². The second kappa shape index (κ2) is 8.35. The summed E-state index contributed by atoms with van der Waals surface area (Å²) in [7, 11) is -3.77. The number of amides is 1. The quantitative estimate of drug-likeness (QED) is 0.801. The van der Waals surface area contributed by atoms with Gasteiger partial charge in [-0.05, 0) is 67.5 Å². The Balaban J connectivity index is 1.84. The van der Waals surface area contributed by atoms with Crippen LogP contribution in [-0.2, 0) is 10.0 Å². The first-order valence-electron chi connectivity index (χ1n) is 9.80. The first kappa shape index (κ1) is 20.4. The fraction of sp³-hybridized carbons (Fsp3) is 0.409. The SMILES string of the molecule is Cc1ccc(S(=O)(=O)Nc2ccc(C(C)C)cc2)cc1C(=O)N1CCCCC1. The zero-order valence-electron chi connectivity index (χ0n) is 16.7. The molecule has 2 aromatic rings. The van der Waals surface area contributed by atoms with Gasteiger partial charge in [-0.3, -0.25) is 9.52 Å². The maximum atomic E-state index is 12.9. The minimum atomic E-state index is -3.77. The van der Waals surface area contributed by atoms with Crippen LogP contribution < -0.4 is 4.72 Å². The largest absolute Gasteiger partial charge is 0.339 e. The zero-order chi connectivity index (χ0) is 20.3. The Morgan fingerprint density at radius 1 is 1.00 bits per heavy atom. The number of hydrogen-bond acceptors (Lipinski definition) is 3. The van der Waals surface area contributed by atoms with Crippen LogP contribution in [0.3, 0.4) is 0 Å². The van der Waals surface area contributed by atoms with Crippen LogP contribution in [0.5, 0.6) is 0 Å². The zero-order valence-corrected chi connectivity index (χ0v) is 17.6. The second-order valence-corrected chi connectivity index (χ2v) is 9.39. The molecule has 28 heavy (non-hydrogen) atoms. The molecule has 1 saturated heterocycles. The highest BCUT2D eigenvalue weighted by Gasteiger charge is 2.23. The second-order valence-electron chi connectivity index (χ2n) is 7.71. The Morgan fingerprint density at radius 2 is 1.64 bits per heavy atom. The van der Waals surface area contributed by atoms with Crippen molar-refractivity contribution >= 4 is 21.6 Å². The third-order valence-corrected chi connectivity index (χ3v) is 6.60. The third kappa shape index (κ3) is 4.55. The van der Waals surface area contributed by atoms with Crippen molar-refractivity contribution in [2.45, 2.75) is 50.8 Å². The van der Waals surface area contributed by atoms with E-state index in [4.69, 9.17) is 0 Å². The summed E-state index contributed by atoms with van der Waals surface area (Å²) in [5.74, 6) is 0.293. The normalized spacial score (nSPS) is 14.9. The highest BCUT2D eigenvalue weighted by atomic mass is 32.2. The summed E-state index contributed by atoms with van der Waals surface area (Å²) < 4.78 is 28.3. The van der Waals surface area contributed by atoms with Crippen LogP contribution in [0, 0.1) is 6.92 Å². The molecule has 1 fully saturated rings. The predicted molar refractivity (Wildman–Crippen MR) is 112 cm³/mol. The van der Waals surface area contributed by atoms with Crippen LogP contribution in [0.1, 0.15) is 60.5 Å². The average Bonchev–Trinajstić information content (AvgIpc) is 2.68. The molecule has 1 amide bonds. The van der Waals surface area contributed by atoms with E-state index in [1.165, 1.54) is 6.07 Å². The summed E-state index contributed by atoms with van der Waals surface area (Å²) in [6.45, 7) is 7.48. The lowest BCUT2D eigenvalue weighted by atomic mass is 10.0. The van der Waals surface area contributed by atoms with E-state index in [1.54, 1.807) is 24.3 Å². The fourth-order valence-corrected chi connectivity index (χ4v) is 4.50. The van der Waals surface area contributed by atoms with Crippen LogP contribution in [0.25, 0.3) is 0 Å². The molecule has 6 heteroatoms. The van der Waals surface area contributed by atoms with Crippen molar-refractivity contribution in [3.05, 3.63) is 59.2 Å². The van der Waals surface area contributed by atoms with Gasteiger partial charge in [0.05, 0.1) is 4.90 Å². The lowest BCUT2D eigenvalue weighted by Crippen LogP contribution is -2.36. The number of likely N-dealkylation sites (tertiary alicyclic amines) is 1. The molecule has 0 saturated carbocycles. The summed E-state index contributed by atoms with van der Waals surface area (Å²) in [5.41, 5.74) is 2.90. The Kier molecular flexibility index (Phi) is 6.08. The van der Waals surface area contributed by atoms with Crippen molar-refractivity contribution in [2.75, 3.05) is 17.8 Å².